The first-order valence-corrected chi connectivity index (χ1v) is 6.04. The monoisotopic (exact) mass is 286 g/mol. The van der Waals surface area contributed by atoms with E-state index in [4.69, 9.17) is 0 Å². The molecule has 0 fully saturated rings. The first-order chi connectivity index (χ1) is 10.0. The third-order valence-electron chi connectivity index (χ3n) is 2.60. The van der Waals surface area contributed by atoms with Crippen molar-refractivity contribution in [2.45, 2.75) is 0 Å². The van der Waals surface area contributed by atoms with Crippen LogP contribution in [-0.4, -0.2) is 10.8 Å². The molecule has 1 N–H and O–H groups in total. The number of nitrogens with one attached hydrogen (secondary N) is 1. The Hall–Kier alpha value is -3.02. The summed E-state index contributed by atoms with van der Waals surface area (Å²) in [4.78, 5) is 21.8. The summed E-state index contributed by atoms with van der Waals surface area (Å²) in [5.74, 6) is -0.900. The zero-order valence-electron chi connectivity index (χ0n) is 10.8. The van der Waals surface area contributed by atoms with Gasteiger partial charge in [0.25, 0.3) is 5.69 Å². The molecule has 0 aromatic heterocycles. The summed E-state index contributed by atoms with van der Waals surface area (Å²) in [5.41, 5.74) is 0.810. The molecule has 1 amide bonds. The van der Waals surface area contributed by atoms with Gasteiger partial charge in [0.1, 0.15) is 5.82 Å². The molecular formula is C15H11FN2O3. The maximum absolute atomic E-state index is 13.0. The fraction of sp³-hybridized carbons (Fsp3) is 0. The molecule has 0 unspecified atom stereocenters. The van der Waals surface area contributed by atoms with Crippen LogP contribution in [0.2, 0.25) is 0 Å². The van der Waals surface area contributed by atoms with Crippen molar-refractivity contribution in [3.05, 3.63) is 76.1 Å². The highest BCUT2D eigenvalue weighted by Gasteiger charge is 2.04. The van der Waals surface area contributed by atoms with Gasteiger partial charge >= 0.3 is 0 Å². The second-order valence-corrected chi connectivity index (χ2v) is 4.19. The number of nitrogens with zero attached hydrogens (tertiary/aromatic N) is 1. The molecule has 0 saturated heterocycles. The molecular weight excluding hydrogens is 275 g/mol. The average Bonchev–Trinajstić information content (AvgIpc) is 2.45. The standard InChI is InChI=1S/C15H11FN2O3/c16-12-4-2-5-13(10-12)17-15(19)8-7-11-3-1-6-14(9-11)18(20)21/h1-10H,(H,17,19)/b8-7+. The molecule has 0 saturated carbocycles. The molecule has 0 heterocycles. The molecule has 2 aromatic rings. The van der Waals surface area contributed by atoms with E-state index in [1.165, 1.54) is 48.6 Å². The minimum atomic E-state index is -0.510. The van der Waals surface area contributed by atoms with Crippen LogP contribution in [0.15, 0.2) is 54.6 Å². The molecule has 0 aliphatic rings. The number of anilines is 1. The highest BCUT2D eigenvalue weighted by Crippen LogP contribution is 2.14. The van der Waals surface area contributed by atoms with Crippen molar-refractivity contribution in [2.24, 2.45) is 0 Å². The van der Waals surface area contributed by atoms with E-state index in [1.807, 2.05) is 0 Å². The Bertz CT molecular complexity index is 714. The van der Waals surface area contributed by atoms with Gasteiger partial charge in [0, 0.05) is 23.9 Å². The summed E-state index contributed by atoms with van der Waals surface area (Å²) in [5, 5.41) is 13.1. The number of rotatable bonds is 4. The van der Waals surface area contributed by atoms with Crippen molar-refractivity contribution in [1.82, 2.24) is 0 Å². The van der Waals surface area contributed by atoms with E-state index in [0.29, 0.717) is 11.3 Å². The maximum Gasteiger partial charge on any atom is 0.270 e. The number of amides is 1. The van der Waals surface area contributed by atoms with Gasteiger partial charge in [-0.1, -0.05) is 18.2 Å². The first kappa shape index (κ1) is 14.4. The Kier molecular flexibility index (Phi) is 4.40. The van der Waals surface area contributed by atoms with Crippen LogP contribution in [0.3, 0.4) is 0 Å². The molecule has 2 aromatic carbocycles. The lowest BCUT2D eigenvalue weighted by atomic mass is 10.2. The highest BCUT2D eigenvalue weighted by atomic mass is 19.1. The molecule has 5 nitrogen and oxygen atoms in total. The van der Waals surface area contributed by atoms with Gasteiger partial charge in [-0.05, 0) is 29.8 Å². The fourth-order valence-corrected chi connectivity index (χ4v) is 1.66. The Labute approximate surface area is 119 Å². The Morgan fingerprint density at radius 3 is 2.67 bits per heavy atom. The number of hydrogen-bond acceptors (Lipinski definition) is 3. The van der Waals surface area contributed by atoms with Gasteiger partial charge in [0.15, 0.2) is 0 Å². The van der Waals surface area contributed by atoms with Crippen LogP contribution in [-0.2, 0) is 4.79 Å². The largest absolute Gasteiger partial charge is 0.322 e. The zero-order chi connectivity index (χ0) is 15.2. The molecule has 6 heteroatoms. The van der Waals surface area contributed by atoms with Crippen molar-refractivity contribution in [1.29, 1.82) is 0 Å². The number of halogens is 1. The third kappa shape index (κ3) is 4.24. The van der Waals surface area contributed by atoms with Gasteiger partial charge in [-0.2, -0.15) is 0 Å². The van der Waals surface area contributed by atoms with Gasteiger partial charge in [0.2, 0.25) is 5.91 Å². The molecule has 21 heavy (non-hydrogen) atoms. The Morgan fingerprint density at radius 1 is 1.19 bits per heavy atom. The number of carbonyl (C=O) groups excluding carboxylic acids is 1. The molecule has 0 spiro atoms. The number of nitro benzene ring substituents is 1. The van der Waals surface area contributed by atoms with Crippen molar-refractivity contribution in [3.8, 4) is 0 Å². The lowest BCUT2D eigenvalue weighted by Crippen LogP contribution is -2.07. The van der Waals surface area contributed by atoms with Crippen molar-refractivity contribution in [2.75, 3.05) is 5.32 Å². The number of nitro groups is 1. The third-order valence-corrected chi connectivity index (χ3v) is 2.60. The van der Waals surface area contributed by atoms with E-state index in [2.05, 4.69) is 5.32 Å². The minimum absolute atomic E-state index is 0.0531. The van der Waals surface area contributed by atoms with Crippen LogP contribution in [0.1, 0.15) is 5.56 Å². The second kappa shape index (κ2) is 6.42. The fourth-order valence-electron chi connectivity index (χ4n) is 1.66. The smallest absolute Gasteiger partial charge is 0.270 e. The van der Waals surface area contributed by atoms with Crippen LogP contribution in [0.25, 0.3) is 6.08 Å². The van der Waals surface area contributed by atoms with Gasteiger partial charge in [0.05, 0.1) is 4.92 Å². The molecule has 0 bridgehead atoms. The van der Waals surface area contributed by atoms with Crippen LogP contribution < -0.4 is 5.32 Å². The average molecular weight is 286 g/mol. The predicted octanol–water partition coefficient (Wildman–Crippen LogP) is 3.39. The van der Waals surface area contributed by atoms with Crippen molar-refractivity contribution < 1.29 is 14.1 Å². The van der Waals surface area contributed by atoms with E-state index in [1.54, 1.807) is 12.1 Å². The summed E-state index contributed by atoms with van der Waals surface area (Å²) in [7, 11) is 0. The zero-order valence-corrected chi connectivity index (χ0v) is 10.8. The molecule has 0 atom stereocenters. The predicted molar refractivity (Wildman–Crippen MR) is 77.2 cm³/mol. The topological polar surface area (TPSA) is 72.2 Å². The van der Waals surface area contributed by atoms with Gasteiger partial charge in [-0.25, -0.2) is 4.39 Å². The second-order valence-electron chi connectivity index (χ2n) is 4.19. The summed E-state index contributed by atoms with van der Waals surface area (Å²) < 4.78 is 13.0. The maximum atomic E-state index is 13.0. The Balaban J connectivity index is 2.05. The number of benzene rings is 2. The van der Waals surface area contributed by atoms with Gasteiger partial charge in [-0.3, -0.25) is 14.9 Å². The van der Waals surface area contributed by atoms with E-state index < -0.39 is 16.6 Å². The van der Waals surface area contributed by atoms with E-state index in [0.717, 1.165) is 0 Å². The van der Waals surface area contributed by atoms with Crippen LogP contribution in [0.5, 0.6) is 0 Å². The normalized spacial score (nSPS) is 10.5. The molecule has 2 rings (SSSR count). The van der Waals surface area contributed by atoms with Crippen molar-refractivity contribution in [3.63, 3.8) is 0 Å². The summed E-state index contributed by atoms with van der Waals surface area (Å²) in [6.07, 6.45) is 2.67. The van der Waals surface area contributed by atoms with Crippen molar-refractivity contribution >= 4 is 23.4 Å². The number of non-ortho nitro benzene ring substituents is 1. The van der Waals surface area contributed by atoms with Gasteiger partial charge < -0.3 is 5.32 Å². The van der Waals surface area contributed by atoms with Crippen LogP contribution >= 0.6 is 0 Å². The molecule has 0 aliphatic carbocycles. The lowest BCUT2D eigenvalue weighted by Gasteiger charge is -2.01. The highest BCUT2D eigenvalue weighted by molar-refractivity contribution is 6.01. The minimum Gasteiger partial charge on any atom is -0.322 e. The quantitative estimate of drug-likeness (QED) is 0.532. The summed E-state index contributed by atoms with van der Waals surface area (Å²) in [6, 6.07) is 11.4. The molecule has 106 valence electrons. The van der Waals surface area contributed by atoms with E-state index in [9.17, 15) is 19.3 Å². The molecule has 0 aliphatic heterocycles. The van der Waals surface area contributed by atoms with Crippen LogP contribution in [0, 0.1) is 15.9 Å². The summed E-state index contributed by atoms with van der Waals surface area (Å²) in [6.45, 7) is 0. The van der Waals surface area contributed by atoms with Gasteiger partial charge in [-0.15, -0.1) is 0 Å². The van der Waals surface area contributed by atoms with E-state index >= 15 is 0 Å². The Morgan fingerprint density at radius 2 is 1.95 bits per heavy atom. The number of hydrogen-bond donors (Lipinski definition) is 1. The van der Waals surface area contributed by atoms with Crippen LogP contribution in [0.4, 0.5) is 15.8 Å². The lowest BCUT2D eigenvalue weighted by molar-refractivity contribution is -0.384. The molecule has 0 radical (unpaired) electrons. The first-order valence-electron chi connectivity index (χ1n) is 6.04. The SMILES string of the molecule is O=C(/C=C/c1cccc([N+](=O)[O-])c1)Nc1cccc(F)c1. The van der Waals surface area contributed by atoms with E-state index in [-0.39, 0.29) is 5.69 Å². The summed E-state index contributed by atoms with van der Waals surface area (Å²) >= 11 is 0. The number of carbonyl (C=O) groups is 1.